The van der Waals surface area contributed by atoms with Crippen molar-refractivity contribution in [2.24, 2.45) is 0 Å². The van der Waals surface area contributed by atoms with Crippen LogP contribution in [0.1, 0.15) is 27.3 Å². The Labute approximate surface area is 167 Å². The van der Waals surface area contributed by atoms with Crippen molar-refractivity contribution in [3.8, 4) is 5.69 Å². The molecule has 3 aromatic rings. The molecule has 0 aliphatic rings. The summed E-state index contributed by atoms with van der Waals surface area (Å²) in [5.41, 5.74) is 2.61. The Morgan fingerprint density at radius 2 is 1.72 bits per heavy atom. The zero-order chi connectivity index (χ0) is 21.3. The number of nitrogens with one attached hydrogen (secondary N) is 1. The molecule has 0 radical (unpaired) electrons. The summed E-state index contributed by atoms with van der Waals surface area (Å²) < 4.78 is 28.8. The van der Waals surface area contributed by atoms with Gasteiger partial charge in [-0.25, -0.2) is 17.8 Å². The van der Waals surface area contributed by atoms with Gasteiger partial charge < -0.3 is 0 Å². The van der Waals surface area contributed by atoms with Crippen LogP contribution >= 0.6 is 0 Å². The summed E-state index contributed by atoms with van der Waals surface area (Å²) in [6.45, 7) is 5.20. The summed E-state index contributed by atoms with van der Waals surface area (Å²) >= 11 is 0. The molecule has 1 N–H and O–H groups in total. The monoisotopic (exact) mass is 414 g/mol. The van der Waals surface area contributed by atoms with Crippen molar-refractivity contribution in [1.29, 1.82) is 0 Å². The average Bonchev–Trinajstić information content (AvgIpc) is 2.99. The van der Waals surface area contributed by atoms with E-state index in [9.17, 15) is 23.3 Å². The summed E-state index contributed by atoms with van der Waals surface area (Å²) in [6.07, 6.45) is 0. The third-order valence-corrected chi connectivity index (χ3v) is 5.76. The van der Waals surface area contributed by atoms with Crippen molar-refractivity contribution in [2.45, 2.75) is 25.7 Å². The van der Waals surface area contributed by atoms with Crippen LogP contribution in [0.15, 0.2) is 53.4 Å². The van der Waals surface area contributed by atoms with E-state index in [-0.39, 0.29) is 21.7 Å². The lowest BCUT2D eigenvalue weighted by Crippen LogP contribution is -2.31. The lowest BCUT2D eigenvalue weighted by atomic mass is 10.2. The molecular formula is C19H18N4O5S. The molecule has 150 valence electrons. The third kappa shape index (κ3) is 4.16. The maximum atomic E-state index is 12.5. The number of aromatic nitrogens is 2. The zero-order valence-electron chi connectivity index (χ0n) is 15.9. The van der Waals surface area contributed by atoms with Crippen LogP contribution in [0.4, 0.5) is 5.69 Å². The van der Waals surface area contributed by atoms with Crippen molar-refractivity contribution >= 4 is 21.6 Å². The lowest BCUT2D eigenvalue weighted by molar-refractivity contribution is -0.385. The first kappa shape index (κ1) is 20.2. The van der Waals surface area contributed by atoms with Crippen LogP contribution in [0.5, 0.6) is 0 Å². The van der Waals surface area contributed by atoms with Gasteiger partial charge in [0.25, 0.3) is 21.6 Å². The molecule has 0 saturated heterocycles. The van der Waals surface area contributed by atoms with E-state index in [1.807, 2.05) is 24.6 Å². The lowest BCUT2D eigenvalue weighted by Gasteiger charge is -2.10. The number of amides is 1. The Kier molecular flexibility index (Phi) is 5.21. The smallest absolute Gasteiger partial charge is 0.268 e. The topological polar surface area (TPSA) is 124 Å². The number of carbonyl (C=O) groups excluding carboxylic acids is 1. The minimum absolute atomic E-state index is 0.151. The van der Waals surface area contributed by atoms with Crippen molar-refractivity contribution in [1.82, 2.24) is 14.5 Å². The number of nitro benzene ring substituents is 1. The third-order valence-electron chi connectivity index (χ3n) is 4.27. The van der Waals surface area contributed by atoms with E-state index in [1.54, 1.807) is 16.8 Å². The molecular weight excluding hydrogens is 396 g/mol. The largest absolute Gasteiger partial charge is 0.269 e. The van der Waals surface area contributed by atoms with Gasteiger partial charge in [0.05, 0.1) is 21.2 Å². The van der Waals surface area contributed by atoms with Gasteiger partial charge in [-0.2, -0.15) is 5.10 Å². The Morgan fingerprint density at radius 1 is 1.07 bits per heavy atom. The van der Waals surface area contributed by atoms with Gasteiger partial charge in [-0.05, 0) is 62.7 Å². The summed E-state index contributed by atoms with van der Waals surface area (Å²) in [7, 11) is -4.19. The molecule has 0 aliphatic heterocycles. The maximum Gasteiger partial charge on any atom is 0.269 e. The van der Waals surface area contributed by atoms with Gasteiger partial charge in [0.15, 0.2) is 0 Å². The molecule has 3 rings (SSSR count). The van der Waals surface area contributed by atoms with Crippen molar-refractivity contribution in [3.05, 3.63) is 81.2 Å². The van der Waals surface area contributed by atoms with Crippen LogP contribution in [0.3, 0.4) is 0 Å². The number of benzene rings is 2. The highest BCUT2D eigenvalue weighted by Crippen LogP contribution is 2.21. The zero-order valence-corrected chi connectivity index (χ0v) is 16.7. The minimum atomic E-state index is -4.19. The molecule has 0 aliphatic carbocycles. The number of nitro groups is 1. The highest BCUT2D eigenvalue weighted by atomic mass is 32.2. The van der Waals surface area contributed by atoms with Crippen LogP contribution in [0, 0.1) is 30.9 Å². The quantitative estimate of drug-likeness (QED) is 0.506. The number of hydrogen-bond donors (Lipinski definition) is 1. The van der Waals surface area contributed by atoms with Gasteiger partial charge in [0.1, 0.15) is 0 Å². The molecule has 10 heteroatoms. The summed E-state index contributed by atoms with van der Waals surface area (Å²) in [5.74, 6) is -0.803. The molecule has 0 unspecified atom stereocenters. The molecule has 1 heterocycles. The molecule has 0 spiro atoms. The summed E-state index contributed by atoms with van der Waals surface area (Å²) in [6, 6.07) is 11.6. The van der Waals surface area contributed by atoms with Crippen LogP contribution in [-0.2, 0) is 10.0 Å². The van der Waals surface area contributed by atoms with E-state index < -0.39 is 20.9 Å². The van der Waals surface area contributed by atoms with E-state index in [0.717, 1.165) is 35.3 Å². The van der Waals surface area contributed by atoms with Gasteiger partial charge in [-0.15, -0.1) is 0 Å². The van der Waals surface area contributed by atoms with E-state index in [2.05, 4.69) is 5.10 Å². The first-order valence-electron chi connectivity index (χ1n) is 8.54. The molecule has 1 aromatic heterocycles. The molecule has 0 fully saturated rings. The van der Waals surface area contributed by atoms with Crippen LogP contribution in [-0.4, -0.2) is 29.0 Å². The van der Waals surface area contributed by atoms with Crippen LogP contribution < -0.4 is 4.72 Å². The Morgan fingerprint density at radius 3 is 2.24 bits per heavy atom. The maximum absolute atomic E-state index is 12.5. The number of non-ortho nitro benzene ring substituents is 1. The molecule has 0 bridgehead atoms. The van der Waals surface area contributed by atoms with Gasteiger partial charge in [-0.3, -0.25) is 14.9 Å². The number of aryl methyl sites for hydroxylation is 3. The van der Waals surface area contributed by atoms with Gasteiger partial charge in [-0.1, -0.05) is 0 Å². The fourth-order valence-electron chi connectivity index (χ4n) is 2.93. The van der Waals surface area contributed by atoms with Gasteiger partial charge >= 0.3 is 0 Å². The standard InChI is InChI=1S/C19H18N4O5S/c1-12-10-17(23(25)26)8-9-18(12)29(27,28)21-19(24)15-4-6-16(7-5-15)22-14(3)11-13(2)20-22/h4-11H,1-3H3,(H,21,24). The Hall–Kier alpha value is -3.53. The summed E-state index contributed by atoms with van der Waals surface area (Å²) in [4.78, 5) is 22.4. The Bertz CT molecular complexity index is 1210. The van der Waals surface area contributed by atoms with E-state index in [4.69, 9.17) is 0 Å². The summed E-state index contributed by atoms with van der Waals surface area (Å²) in [5, 5.41) is 15.2. The van der Waals surface area contributed by atoms with E-state index in [0.29, 0.717) is 0 Å². The highest BCUT2D eigenvalue weighted by Gasteiger charge is 2.22. The first-order chi connectivity index (χ1) is 13.6. The van der Waals surface area contributed by atoms with Crippen molar-refractivity contribution < 1.29 is 18.1 Å². The van der Waals surface area contributed by atoms with Gasteiger partial charge in [0.2, 0.25) is 0 Å². The van der Waals surface area contributed by atoms with Crippen LogP contribution in [0.2, 0.25) is 0 Å². The molecule has 9 nitrogen and oxygen atoms in total. The average molecular weight is 414 g/mol. The number of rotatable bonds is 5. The van der Waals surface area contributed by atoms with E-state index >= 15 is 0 Å². The second-order valence-corrected chi connectivity index (χ2v) is 8.18. The number of carbonyl (C=O) groups is 1. The minimum Gasteiger partial charge on any atom is -0.268 e. The number of sulfonamides is 1. The SMILES string of the molecule is Cc1cc(C)n(-c2ccc(C(=O)NS(=O)(=O)c3ccc([N+](=O)[O-])cc3C)cc2)n1. The predicted octanol–water partition coefficient (Wildman–Crippen LogP) is 2.82. The number of hydrogen-bond acceptors (Lipinski definition) is 6. The predicted molar refractivity (Wildman–Crippen MR) is 106 cm³/mol. The van der Waals surface area contributed by atoms with Crippen molar-refractivity contribution in [3.63, 3.8) is 0 Å². The first-order valence-corrected chi connectivity index (χ1v) is 10.0. The Balaban J connectivity index is 1.82. The van der Waals surface area contributed by atoms with E-state index in [1.165, 1.54) is 19.1 Å². The van der Waals surface area contributed by atoms with Crippen LogP contribution in [0.25, 0.3) is 5.69 Å². The second-order valence-electron chi connectivity index (χ2n) is 6.53. The molecule has 0 atom stereocenters. The van der Waals surface area contributed by atoms with Gasteiger partial charge in [0, 0.05) is 23.4 Å². The fraction of sp³-hybridized carbons (Fsp3) is 0.158. The molecule has 2 aromatic carbocycles. The highest BCUT2D eigenvalue weighted by molar-refractivity contribution is 7.90. The van der Waals surface area contributed by atoms with Crippen molar-refractivity contribution in [2.75, 3.05) is 0 Å². The fourth-order valence-corrected chi connectivity index (χ4v) is 4.13. The normalized spacial score (nSPS) is 11.3. The molecule has 29 heavy (non-hydrogen) atoms. The molecule has 1 amide bonds. The number of nitrogens with zero attached hydrogens (tertiary/aromatic N) is 3. The molecule has 0 saturated carbocycles. The second kappa shape index (κ2) is 7.47.